The molecule has 1 N–H and O–H groups in total. The van der Waals surface area contributed by atoms with Crippen LogP contribution in [-0.2, 0) is 0 Å². The molecule has 3 aromatic rings. The highest BCUT2D eigenvalue weighted by Gasteiger charge is 2.16. The van der Waals surface area contributed by atoms with Gasteiger partial charge >= 0.3 is 0 Å². The van der Waals surface area contributed by atoms with Crippen LogP contribution in [0.15, 0.2) is 35.3 Å². The Balaban J connectivity index is 2.40. The number of halogens is 2. The van der Waals surface area contributed by atoms with Gasteiger partial charge in [-0.1, -0.05) is 37.0 Å². The van der Waals surface area contributed by atoms with Gasteiger partial charge in [0.1, 0.15) is 16.7 Å². The Morgan fingerprint density at radius 1 is 1.22 bits per heavy atom. The molecular formula is C16H13Cl2N3O2. The van der Waals surface area contributed by atoms with Crippen LogP contribution in [0.3, 0.4) is 0 Å². The van der Waals surface area contributed by atoms with Crippen molar-refractivity contribution in [3.05, 3.63) is 56.8 Å². The first-order valence-electron chi connectivity index (χ1n) is 6.95. The lowest BCUT2D eigenvalue weighted by molar-refractivity contribution is 0.476. The van der Waals surface area contributed by atoms with E-state index in [1.807, 2.05) is 13.8 Å². The molecule has 0 spiro atoms. The number of fused-ring (bicyclic) bond motifs is 1. The average molecular weight is 350 g/mol. The summed E-state index contributed by atoms with van der Waals surface area (Å²) in [5.74, 6) is 0.588. The molecule has 0 amide bonds. The smallest absolute Gasteiger partial charge is 0.266 e. The number of hydrogen-bond acceptors (Lipinski definition) is 4. The molecule has 1 aromatic carbocycles. The predicted molar refractivity (Wildman–Crippen MR) is 90.9 cm³/mol. The maximum atomic E-state index is 12.9. The summed E-state index contributed by atoms with van der Waals surface area (Å²) in [5, 5.41) is 10.4. The van der Waals surface area contributed by atoms with Gasteiger partial charge in [-0.2, -0.15) is 0 Å². The highest BCUT2D eigenvalue weighted by atomic mass is 35.5. The highest BCUT2D eigenvalue weighted by Crippen LogP contribution is 2.25. The number of aromatic hydroxyl groups is 1. The van der Waals surface area contributed by atoms with Crippen molar-refractivity contribution in [2.75, 3.05) is 0 Å². The molecule has 0 aliphatic heterocycles. The van der Waals surface area contributed by atoms with Crippen molar-refractivity contribution in [1.29, 1.82) is 0 Å². The SMILES string of the molecule is CC(C)c1nc2cc(O)ccc2c(=O)n1-c1cnc(Cl)c(Cl)c1. The second kappa shape index (κ2) is 5.83. The van der Waals surface area contributed by atoms with Gasteiger partial charge in [0, 0.05) is 12.0 Å². The summed E-state index contributed by atoms with van der Waals surface area (Å²) in [6.07, 6.45) is 1.48. The molecule has 0 saturated carbocycles. The van der Waals surface area contributed by atoms with Gasteiger partial charge in [0.15, 0.2) is 0 Å². The van der Waals surface area contributed by atoms with Crippen molar-refractivity contribution in [3.8, 4) is 11.4 Å². The van der Waals surface area contributed by atoms with E-state index in [9.17, 15) is 9.90 Å². The fourth-order valence-electron chi connectivity index (χ4n) is 2.36. The van der Waals surface area contributed by atoms with Gasteiger partial charge in [-0.15, -0.1) is 0 Å². The Kier molecular flexibility index (Phi) is 4.00. The van der Waals surface area contributed by atoms with E-state index in [-0.39, 0.29) is 27.4 Å². The van der Waals surface area contributed by atoms with Crippen molar-refractivity contribution in [1.82, 2.24) is 14.5 Å². The molecule has 23 heavy (non-hydrogen) atoms. The molecule has 5 nitrogen and oxygen atoms in total. The third-order valence-electron chi connectivity index (χ3n) is 3.44. The van der Waals surface area contributed by atoms with Crippen LogP contribution in [0.1, 0.15) is 25.6 Å². The molecule has 0 unspecified atom stereocenters. The first-order valence-corrected chi connectivity index (χ1v) is 7.71. The Morgan fingerprint density at radius 2 is 1.96 bits per heavy atom. The van der Waals surface area contributed by atoms with Gasteiger partial charge in [-0.05, 0) is 18.2 Å². The number of phenolic OH excluding ortho intramolecular Hbond substituents is 1. The van der Waals surface area contributed by atoms with Gasteiger partial charge < -0.3 is 5.11 Å². The van der Waals surface area contributed by atoms with E-state index >= 15 is 0 Å². The molecule has 0 bridgehead atoms. The minimum absolute atomic E-state index is 0.0242. The van der Waals surface area contributed by atoms with Crippen molar-refractivity contribution >= 4 is 34.1 Å². The van der Waals surface area contributed by atoms with E-state index < -0.39 is 0 Å². The Hall–Kier alpha value is -2.11. The monoisotopic (exact) mass is 349 g/mol. The zero-order chi connectivity index (χ0) is 16.7. The summed E-state index contributed by atoms with van der Waals surface area (Å²) < 4.78 is 1.47. The molecule has 0 aliphatic rings. The van der Waals surface area contributed by atoms with Gasteiger partial charge in [-0.3, -0.25) is 9.36 Å². The lowest BCUT2D eigenvalue weighted by Gasteiger charge is -2.16. The summed E-state index contributed by atoms with van der Waals surface area (Å²) >= 11 is 11.9. The summed E-state index contributed by atoms with van der Waals surface area (Å²) in [6.45, 7) is 3.86. The van der Waals surface area contributed by atoms with E-state index in [4.69, 9.17) is 23.2 Å². The number of pyridine rings is 1. The van der Waals surface area contributed by atoms with Crippen molar-refractivity contribution in [2.24, 2.45) is 0 Å². The topological polar surface area (TPSA) is 68.0 Å². The third-order valence-corrected chi connectivity index (χ3v) is 4.12. The lowest BCUT2D eigenvalue weighted by Crippen LogP contribution is -2.24. The van der Waals surface area contributed by atoms with E-state index in [0.717, 1.165) is 0 Å². The third kappa shape index (κ3) is 2.78. The fourth-order valence-corrected chi connectivity index (χ4v) is 2.63. The minimum atomic E-state index is -0.251. The predicted octanol–water partition coefficient (Wildman–Crippen LogP) is 3.92. The summed E-state index contributed by atoms with van der Waals surface area (Å²) in [6, 6.07) is 6.06. The molecule has 0 saturated heterocycles. The second-order valence-electron chi connectivity index (χ2n) is 5.43. The highest BCUT2D eigenvalue weighted by molar-refractivity contribution is 6.41. The molecule has 2 heterocycles. The van der Waals surface area contributed by atoms with Crippen LogP contribution < -0.4 is 5.56 Å². The Bertz CT molecular complexity index is 967. The maximum Gasteiger partial charge on any atom is 0.266 e. The Morgan fingerprint density at radius 3 is 2.61 bits per heavy atom. The van der Waals surface area contributed by atoms with Gasteiger partial charge in [0.2, 0.25) is 0 Å². The summed E-state index contributed by atoms with van der Waals surface area (Å²) in [7, 11) is 0. The lowest BCUT2D eigenvalue weighted by atomic mass is 10.1. The van der Waals surface area contributed by atoms with Crippen LogP contribution in [0, 0.1) is 0 Å². The minimum Gasteiger partial charge on any atom is -0.508 e. The zero-order valence-electron chi connectivity index (χ0n) is 12.4. The van der Waals surface area contributed by atoms with Crippen molar-refractivity contribution in [2.45, 2.75) is 19.8 Å². The van der Waals surface area contributed by atoms with E-state index in [1.54, 1.807) is 12.1 Å². The van der Waals surface area contributed by atoms with Crippen LogP contribution in [0.2, 0.25) is 10.2 Å². The molecule has 0 aliphatic carbocycles. The summed E-state index contributed by atoms with van der Waals surface area (Å²) in [5.41, 5.74) is 0.692. The van der Waals surface area contributed by atoms with Gasteiger partial charge in [-0.25, -0.2) is 9.97 Å². The number of rotatable bonds is 2. The van der Waals surface area contributed by atoms with Gasteiger partial charge in [0.05, 0.1) is 27.8 Å². The van der Waals surface area contributed by atoms with E-state index in [1.165, 1.54) is 22.9 Å². The number of hydrogen-bond donors (Lipinski definition) is 1. The van der Waals surface area contributed by atoms with Crippen molar-refractivity contribution in [3.63, 3.8) is 0 Å². The molecular weight excluding hydrogens is 337 g/mol. The van der Waals surface area contributed by atoms with Crippen LogP contribution in [0.25, 0.3) is 16.6 Å². The molecule has 0 radical (unpaired) electrons. The largest absolute Gasteiger partial charge is 0.508 e. The quantitative estimate of drug-likeness (QED) is 0.712. The number of phenols is 1. The molecule has 0 fully saturated rings. The first-order chi connectivity index (χ1) is 10.9. The van der Waals surface area contributed by atoms with Gasteiger partial charge in [0.25, 0.3) is 5.56 Å². The van der Waals surface area contributed by atoms with Crippen LogP contribution in [0.5, 0.6) is 5.75 Å². The fraction of sp³-hybridized carbons (Fsp3) is 0.188. The van der Waals surface area contributed by atoms with Crippen LogP contribution in [-0.4, -0.2) is 19.6 Å². The first kappa shape index (κ1) is 15.8. The molecule has 118 valence electrons. The maximum absolute atomic E-state index is 12.9. The molecule has 0 atom stereocenters. The zero-order valence-corrected chi connectivity index (χ0v) is 13.9. The van der Waals surface area contributed by atoms with Crippen molar-refractivity contribution < 1.29 is 5.11 Å². The number of aromatic nitrogens is 3. The molecule has 7 heteroatoms. The van der Waals surface area contributed by atoms with E-state index in [0.29, 0.717) is 22.4 Å². The number of nitrogens with zero attached hydrogens (tertiary/aromatic N) is 3. The normalized spacial score (nSPS) is 11.3. The number of benzene rings is 1. The average Bonchev–Trinajstić information content (AvgIpc) is 2.49. The summed E-state index contributed by atoms with van der Waals surface area (Å²) in [4.78, 5) is 21.4. The molecule has 2 aromatic heterocycles. The van der Waals surface area contributed by atoms with E-state index in [2.05, 4.69) is 9.97 Å². The Labute approximate surface area is 142 Å². The standard InChI is InChI=1S/C16H13Cl2N3O2/c1-8(2)15-20-13-6-10(22)3-4-11(13)16(23)21(15)9-5-12(17)14(18)19-7-9/h3-8,22H,1-2H3. The second-order valence-corrected chi connectivity index (χ2v) is 6.20. The molecule has 3 rings (SSSR count). The van der Waals surface area contributed by atoms with Crippen LogP contribution >= 0.6 is 23.2 Å². The van der Waals surface area contributed by atoms with Crippen LogP contribution in [0.4, 0.5) is 0 Å².